The lowest BCUT2D eigenvalue weighted by atomic mass is 10.1. The Morgan fingerprint density at radius 2 is 1.02 bits per heavy atom. The average molecular weight is 778 g/mol. The number of hydrogen-bond donors (Lipinski definition) is 2. The van der Waals surface area contributed by atoms with Crippen LogP contribution in [0.3, 0.4) is 0 Å². The number of esters is 2. The van der Waals surface area contributed by atoms with E-state index in [2.05, 4.69) is 86.8 Å². The highest BCUT2D eigenvalue weighted by Gasteiger charge is 2.25. The van der Waals surface area contributed by atoms with Gasteiger partial charge in [-0.3, -0.25) is 18.6 Å². The highest BCUT2D eigenvalue weighted by atomic mass is 31.2. The van der Waals surface area contributed by atoms with Crippen molar-refractivity contribution in [2.24, 2.45) is 5.73 Å². The fourth-order valence-corrected chi connectivity index (χ4v) is 6.01. The Kier molecular flexibility index (Phi) is 38.2. The molecule has 54 heavy (non-hydrogen) atoms. The minimum atomic E-state index is -4.39. The SMILES string of the molecule is CC/C=C\C/C=C\C/C=C\C/C=C\CCCCCCC(=O)OC(COC(=O)CCCCCCC/C=C\C/C=C\CCCCCC)COP(=O)(O)OCCN. The molecule has 0 fully saturated rings. The standard InChI is InChI=1S/C44H76NO8P/c1-3-5-7-9-11-13-15-17-19-21-23-25-27-29-31-33-35-37-44(47)53-42(41-52-54(48,49)51-39-38-45)40-50-43(46)36-34-32-30-28-26-24-22-20-18-16-14-12-10-8-6-4-2/h5,7,11,13-14,16-17,19-20,22-23,25,42H,3-4,6,8-10,12,15,18,21,24,26-41,45H2,1-2H3,(H,48,49)/b7-5-,13-11-,16-14-,19-17-,22-20-,25-23-. The maximum atomic E-state index is 12.6. The van der Waals surface area contributed by atoms with Crippen molar-refractivity contribution < 1.29 is 37.6 Å². The Balaban J connectivity index is 4.27. The highest BCUT2D eigenvalue weighted by molar-refractivity contribution is 7.47. The second kappa shape index (κ2) is 40.1. The lowest BCUT2D eigenvalue weighted by Crippen LogP contribution is -2.29. The van der Waals surface area contributed by atoms with Crippen molar-refractivity contribution in [3.63, 3.8) is 0 Å². The molecule has 2 atom stereocenters. The molecule has 0 heterocycles. The summed E-state index contributed by atoms with van der Waals surface area (Å²) in [5.41, 5.74) is 5.34. The Bertz CT molecular complexity index is 1110. The zero-order valence-electron chi connectivity index (χ0n) is 33.9. The van der Waals surface area contributed by atoms with E-state index in [0.29, 0.717) is 12.8 Å². The second-order valence-corrected chi connectivity index (χ2v) is 14.9. The van der Waals surface area contributed by atoms with Gasteiger partial charge in [-0.2, -0.15) is 0 Å². The zero-order chi connectivity index (χ0) is 39.6. The summed E-state index contributed by atoms with van der Waals surface area (Å²) in [7, 11) is -4.39. The van der Waals surface area contributed by atoms with Crippen LogP contribution in [-0.4, -0.2) is 49.3 Å². The number of carbonyl (C=O) groups excluding carboxylic acids is 2. The van der Waals surface area contributed by atoms with E-state index < -0.39 is 32.5 Å². The van der Waals surface area contributed by atoms with Gasteiger partial charge in [0.15, 0.2) is 6.10 Å². The van der Waals surface area contributed by atoms with E-state index in [1.54, 1.807) is 0 Å². The molecule has 0 bridgehead atoms. The predicted octanol–water partition coefficient (Wildman–Crippen LogP) is 11.9. The minimum Gasteiger partial charge on any atom is -0.462 e. The summed E-state index contributed by atoms with van der Waals surface area (Å²) in [6.07, 6.45) is 47.8. The summed E-state index contributed by atoms with van der Waals surface area (Å²) in [6.45, 7) is 3.54. The summed E-state index contributed by atoms with van der Waals surface area (Å²) < 4.78 is 32.7. The topological polar surface area (TPSA) is 134 Å². The lowest BCUT2D eigenvalue weighted by molar-refractivity contribution is -0.161. The molecule has 3 N–H and O–H groups in total. The number of rotatable bonds is 38. The first-order chi connectivity index (χ1) is 26.3. The van der Waals surface area contributed by atoms with Gasteiger partial charge in [0.1, 0.15) is 6.61 Å². The molecular weight excluding hydrogens is 701 g/mol. The van der Waals surface area contributed by atoms with Gasteiger partial charge in [-0.05, 0) is 83.5 Å². The fraction of sp³-hybridized carbons (Fsp3) is 0.682. The van der Waals surface area contributed by atoms with Crippen LogP contribution in [0, 0.1) is 0 Å². The zero-order valence-corrected chi connectivity index (χ0v) is 34.8. The molecule has 0 spiro atoms. The van der Waals surface area contributed by atoms with E-state index in [9.17, 15) is 19.0 Å². The first-order valence-corrected chi connectivity index (χ1v) is 22.4. The van der Waals surface area contributed by atoms with Gasteiger partial charge in [0.2, 0.25) is 0 Å². The number of ether oxygens (including phenoxy) is 2. The number of phosphoric ester groups is 1. The number of nitrogens with two attached hydrogens (primary N) is 1. The van der Waals surface area contributed by atoms with Crippen LogP contribution in [0.15, 0.2) is 72.9 Å². The van der Waals surface area contributed by atoms with Gasteiger partial charge < -0.3 is 20.1 Å². The molecule has 0 aromatic heterocycles. The van der Waals surface area contributed by atoms with E-state index in [0.717, 1.165) is 89.9 Å². The van der Waals surface area contributed by atoms with E-state index in [4.69, 9.17) is 24.3 Å². The third kappa shape index (κ3) is 39.2. The molecule has 0 aliphatic carbocycles. The molecule has 0 radical (unpaired) electrons. The maximum Gasteiger partial charge on any atom is 0.472 e. The number of unbranched alkanes of at least 4 members (excludes halogenated alkanes) is 13. The third-order valence-corrected chi connectivity index (χ3v) is 9.31. The smallest absolute Gasteiger partial charge is 0.462 e. The maximum absolute atomic E-state index is 12.6. The minimum absolute atomic E-state index is 0.0433. The van der Waals surface area contributed by atoms with Gasteiger partial charge in [-0.15, -0.1) is 0 Å². The Morgan fingerprint density at radius 1 is 0.574 bits per heavy atom. The van der Waals surface area contributed by atoms with Crippen molar-refractivity contribution in [1.29, 1.82) is 0 Å². The molecule has 0 rings (SSSR count). The van der Waals surface area contributed by atoms with Gasteiger partial charge in [-0.25, -0.2) is 4.57 Å². The fourth-order valence-electron chi connectivity index (χ4n) is 5.24. The molecule has 0 saturated carbocycles. The van der Waals surface area contributed by atoms with Crippen molar-refractivity contribution in [2.45, 2.75) is 168 Å². The molecule has 2 unspecified atom stereocenters. The van der Waals surface area contributed by atoms with Crippen LogP contribution in [-0.2, 0) is 32.7 Å². The summed E-state index contributed by atoms with van der Waals surface area (Å²) in [5.74, 6) is -0.879. The first-order valence-electron chi connectivity index (χ1n) is 20.9. The van der Waals surface area contributed by atoms with E-state index >= 15 is 0 Å². The molecule has 0 aliphatic rings. The van der Waals surface area contributed by atoms with Crippen molar-refractivity contribution in [3.8, 4) is 0 Å². The lowest BCUT2D eigenvalue weighted by Gasteiger charge is -2.19. The first kappa shape index (κ1) is 51.5. The third-order valence-electron chi connectivity index (χ3n) is 8.33. The highest BCUT2D eigenvalue weighted by Crippen LogP contribution is 2.43. The molecule has 310 valence electrons. The largest absolute Gasteiger partial charge is 0.472 e. The van der Waals surface area contributed by atoms with Crippen LogP contribution >= 0.6 is 7.82 Å². The molecule has 9 nitrogen and oxygen atoms in total. The van der Waals surface area contributed by atoms with E-state index in [1.807, 2.05) is 0 Å². The van der Waals surface area contributed by atoms with Crippen LogP contribution < -0.4 is 5.73 Å². The molecule has 0 aliphatic heterocycles. The number of phosphoric acid groups is 1. The Labute approximate surface area is 329 Å². The second-order valence-electron chi connectivity index (χ2n) is 13.5. The molecule has 0 aromatic rings. The van der Waals surface area contributed by atoms with Crippen LogP contribution in [0.5, 0.6) is 0 Å². The predicted molar refractivity (Wildman–Crippen MR) is 224 cm³/mol. The molecule has 0 saturated heterocycles. The van der Waals surface area contributed by atoms with Crippen LogP contribution in [0.4, 0.5) is 0 Å². The van der Waals surface area contributed by atoms with Crippen LogP contribution in [0.1, 0.15) is 162 Å². The number of hydrogen-bond acceptors (Lipinski definition) is 8. The molecule has 10 heteroatoms. The molecule has 0 aromatic carbocycles. The Hall–Kier alpha value is -2.55. The summed E-state index contributed by atoms with van der Waals surface area (Å²) >= 11 is 0. The van der Waals surface area contributed by atoms with Crippen molar-refractivity contribution >= 4 is 19.8 Å². The number of allylic oxidation sites excluding steroid dienone is 12. The Morgan fingerprint density at radius 3 is 1.52 bits per heavy atom. The van der Waals surface area contributed by atoms with E-state index in [1.165, 1.54) is 32.1 Å². The van der Waals surface area contributed by atoms with Crippen LogP contribution in [0.25, 0.3) is 0 Å². The molecular formula is C44H76NO8P. The van der Waals surface area contributed by atoms with E-state index in [-0.39, 0.29) is 32.6 Å². The monoisotopic (exact) mass is 778 g/mol. The molecule has 0 amide bonds. The summed E-state index contributed by atoms with van der Waals surface area (Å²) in [4.78, 5) is 34.8. The average Bonchev–Trinajstić information content (AvgIpc) is 3.16. The van der Waals surface area contributed by atoms with Gasteiger partial charge in [-0.1, -0.05) is 138 Å². The van der Waals surface area contributed by atoms with Gasteiger partial charge in [0.25, 0.3) is 0 Å². The van der Waals surface area contributed by atoms with Crippen molar-refractivity contribution in [3.05, 3.63) is 72.9 Å². The van der Waals surface area contributed by atoms with Crippen molar-refractivity contribution in [1.82, 2.24) is 0 Å². The summed E-state index contributed by atoms with van der Waals surface area (Å²) in [6, 6.07) is 0. The number of carbonyl (C=O) groups is 2. The van der Waals surface area contributed by atoms with Gasteiger partial charge in [0.05, 0.1) is 13.2 Å². The van der Waals surface area contributed by atoms with Gasteiger partial charge in [0, 0.05) is 19.4 Å². The normalized spacial score (nSPS) is 14.1. The quantitative estimate of drug-likeness (QED) is 0.0272. The van der Waals surface area contributed by atoms with Crippen LogP contribution in [0.2, 0.25) is 0 Å². The summed E-state index contributed by atoms with van der Waals surface area (Å²) in [5, 5.41) is 0. The van der Waals surface area contributed by atoms with Crippen molar-refractivity contribution in [2.75, 3.05) is 26.4 Å². The van der Waals surface area contributed by atoms with Gasteiger partial charge >= 0.3 is 19.8 Å².